The number of carbonyl (C=O) groups is 2. The number of hydrogen-bond donors (Lipinski definition) is 4. The van der Waals surface area contributed by atoms with E-state index in [1.54, 1.807) is 14.0 Å². The van der Waals surface area contributed by atoms with E-state index in [-0.39, 0.29) is 25.5 Å². The molecule has 144 valence electrons. The molecule has 1 aliphatic heterocycles. The number of nitrogens with zero attached hydrogens (tertiary/aromatic N) is 1. The standard InChI is InChI=1S/C18H27N3O5/c1-18(11-22,12-23)20-16(24)9-15-17(25)19-6-7-21(15)10-13-4-3-5-14(8-13)26-2/h3-5,8,15,22-23H,6-7,9-12H2,1-2H3,(H,19,25)(H,20,24)/t15-/m0/s1. The molecule has 0 bridgehead atoms. The van der Waals surface area contributed by atoms with E-state index in [4.69, 9.17) is 4.74 Å². The van der Waals surface area contributed by atoms with Gasteiger partial charge in [-0.05, 0) is 24.6 Å². The molecule has 4 N–H and O–H groups in total. The summed E-state index contributed by atoms with van der Waals surface area (Å²) in [5.41, 5.74) is -0.125. The number of aliphatic hydroxyl groups excluding tert-OH is 2. The van der Waals surface area contributed by atoms with Crippen LogP contribution >= 0.6 is 0 Å². The fourth-order valence-corrected chi connectivity index (χ4v) is 2.87. The van der Waals surface area contributed by atoms with Gasteiger partial charge in [0.25, 0.3) is 0 Å². The summed E-state index contributed by atoms with van der Waals surface area (Å²) in [5.74, 6) is 0.136. The van der Waals surface area contributed by atoms with E-state index in [1.165, 1.54) is 0 Å². The van der Waals surface area contributed by atoms with Crippen LogP contribution in [0.15, 0.2) is 24.3 Å². The number of nitrogens with one attached hydrogen (secondary N) is 2. The summed E-state index contributed by atoms with van der Waals surface area (Å²) in [6.07, 6.45) is -0.0502. The Labute approximate surface area is 153 Å². The second-order valence-corrected chi connectivity index (χ2v) is 6.76. The fraction of sp³-hybridized carbons (Fsp3) is 0.556. The highest BCUT2D eigenvalue weighted by Gasteiger charge is 2.33. The Bertz CT molecular complexity index is 633. The van der Waals surface area contributed by atoms with E-state index in [2.05, 4.69) is 10.6 Å². The molecule has 1 aromatic carbocycles. The van der Waals surface area contributed by atoms with Crippen LogP contribution in [0, 0.1) is 0 Å². The maximum Gasteiger partial charge on any atom is 0.237 e. The molecule has 1 saturated heterocycles. The molecule has 26 heavy (non-hydrogen) atoms. The summed E-state index contributed by atoms with van der Waals surface area (Å²) < 4.78 is 5.23. The van der Waals surface area contributed by atoms with Crippen LogP contribution in [-0.4, -0.2) is 71.9 Å². The smallest absolute Gasteiger partial charge is 0.237 e. The lowest BCUT2D eigenvalue weighted by Gasteiger charge is -2.35. The van der Waals surface area contributed by atoms with Crippen LogP contribution in [0.4, 0.5) is 0 Å². The van der Waals surface area contributed by atoms with Crippen molar-refractivity contribution >= 4 is 11.8 Å². The third-order valence-corrected chi connectivity index (χ3v) is 4.48. The Hall–Kier alpha value is -2.16. The predicted molar refractivity (Wildman–Crippen MR) is 95.5 cm³/mol. The van der Waals surface area contributed by atoms with Crippen molar-refractivity contribution < 1.29 is 24.5 Å². The van der Waals surface area contributed by atoms with Gasteiger partial charge >= 0.3 is 0 Å². The predicted octanol–water partition coefficient (Wildman–Crippen LogP) is -0.755. The Balaban J connectivity index is 2.07. The first-order valence-electron chi connectivity index (χ1n) is 8.58. The van der Waals surface area contributed by atoms with Gasteiger partial charge in [-0.2, -0.15) is 0 Å². The Morgan fingerprint density at radius 1 is 1.42 bits per heavy atom. The third-order valence-electron chi connectivity index (χ3n) is 4.48. The van der Waals surface area contributed by atoms with E-state index in [9.17, 15) is 19.8 Å². The first kappa shape index (κ1) is 20.2. The van der Waals surface area contributed by atoms with Crippen molar-refractivity contribution in [1.29, 1.82) is 0 Å². The Kier molecular flexibility index (Phi) is 6.96. The second-order valence-electron chi connectivity index (χ2n) is 6.76. The van der Waals surface area contributed by atoms with E-state index in [0.717, 1.165) is 11.3 Å². The number of methoxy groups -OCH3 is 1. The average Bonchev–Trinajstić information content (AvgIpc) is 2.64. The minimum absolute atomic E-state index is 0.0502. The Morgan fingerprint density at radius 3 is 2.81 bits per heavy atom. The molecule has 8 heteroatoms. The van der Waals surface area contributed by atoms with Crippen LogP contribution in [0.5, 0.6) is 5.75 Å². The number of rotatable bonds is 8. The largest absolute Gasteiger partial charge is 0.497 e. The van der Waals surface area contributed by atoms with Crippen molar-refractivity contribution in [3.8, 4) is 5.75 Å². The molecule has 0 saturated carbocycles. The topological polar surface area (TPSA) is 111 Å². The zero-order valence-electron chi connectivity index (χ0n) is 15.2. The molecular weight excluding hydrogens is 338 g/mol. The normalized spacial score (nSPS) is 18.3. The molecule has 0 aliphatic carbocycles. The summed E-state index contributed by atoms with van der Waals surface area (Å²) in [7, 11) is 1.60. The number of hydrogen-bond acceptors (Lipinski definition) is 6. The van der Waals surface area contributed by atoms with Gasteiger partial charge in [-0.15, -0.1) is 0 Å². The van der Waals surface area contributed by atoms with Gasteiger partial charge in [-0.1, -0.05) is 12.1 Å². The number of aliphatic hydroxyl groups is 2. The summed E-state index contributed by atoms with van der Waals surface area (Å²) in [4.78, 5) is 26.6. The monoisotopic (exact) mass is 365 g/mol. The summed E-state index contributed by atoms with van der Waals surface area (Å²) in [6, 6.07) is 6.96. The van der Waals surface area contributed by atoms with Crippen molar-refractivity contribution in [2.75, 3.05) is 33.4 Å². The molecule has 1 heterocycles. The lowest BCUT2D eigenvalue weighted by molar-refractivity contribution is -0.135. The summed E-state index contributed by atoms with van der Waals surface area (Å²) >= 11 is 0. The van der Waals surface area contributed by atoms with Gasteiger partial charge in [0.05, 0.1) is 38.3 Å². The van der Waals surface area contributed by atoms with Crippen LogP contribution in [0.2, 0.25) is 0 Å². The molecule has 1 fully saturated rings. The maximum atomic E-state index is 12.3. The molecule has 1 atom stereocenters. The van der Waals surface area contributed by atoms with Crippen molar-refractivity contribution in [2.24, 2.45) is 0 Å². The molecular formula is C18H27N3O5. The van der Waals surface area contributed by atoms with Gasteiger partial charge in [0.1, 0.15) is 5.75 Å². The first-order valence-corrected chi connectivity index (χ1v) is 8.58. The van der Waals surface area contributed by atoms with Crippen molar-refractivity contribution in [1.82, 2.24) is 15.5 Å². The van der Waals surface area contributed by atoms with Gasteiger partial charge in [-0.3, -0.25) is 14.5 Å². The summed E-state index contributed by atoms with van der Waals surface area (Å²) in [6.45, 7) is 2.42. The minimum Gasteiger partial charge on any atom is -0.497 e. The van der Waals surface area contributed by atoms with Gasteiger partial charge in [0.2, 0.25) is 11.8 Å². The lowest BCUT2D eigenvalue weighted by Crippen LogP contribution is -2.58. The lowest BCUT2D eigenvalue weighted by atomic mass is 10.0. The molecule has 0 spiro atoms. The zero-order valence-corrected chi connectivity index (χ0v) is 15.2. The van der Waals surface area contributed by atoms with Crippen molar-refractivity contribution in [2.45, 2.75) is 31.5 Å². The van der Waals surface area contributed by atoms with E-state index in [0.29, 0.717) is 19.6 Å². The van der Waals surface area contributed by atoms with E-state index >= 15 is 0 Å². The third kappa shape index (κ3) is 5.17. The fourth-order valence-electron chi connectivity index (χ4n) is 2.87. The average molecular weight is 365 g/mol. The quantitative estimate of drug-likeness (QED) is 0.482. The minimum atomic E-state index is -1.11. The van der Waals surface area contributed by atoms with Gasteiger partial charge in [0.15, 0.2) is 0 Å². The number of benzene rings is 1. The van der Waals surface area contributed by atoms with Crippen molar-refractivity contribution in [3.05, 3.63) is 29.8 Å². The van der Waals surface area contributed by atoms with E-state index in [1.807, 2.05) is 29.2 Å². The SMILES string of the molecule is COc1cccc(CN2CCNC(=O)[C@@H]2CC(=O)NC(C)(CO)CO)c1. The molecule has 1 aromatic rings. The number of piperazine rings is 1. The van der Waals surface area contributed by atoms with Crippen molar-refractivity contribution in [3.63, 3.8) is 0 Å². The highest BCUT2D eigenvalue weighted by Crippen LogP contribution is 2.18. The summed E-state index contributed by atoms with van der Waals surface area (Å²) in [5, 5.41) is 24.0. The Morgan fingerprint density at radius 2 is 2.15 bits per heavy atom. The van der Waals surface area contributed by atoms with Crippen LogP contribution in [0.25, 0.3) is 0 Å². The second kappa shape index (κ2) is 8.98. The first-order chi connectivity index (χ1) is 12.4. The maximum absolute atomic E-state index is 12.3. The van der Waals surface area contributed by atoms with Crippen LogP contribution in [-0.2, 0) is 16.1 Å². The number of amides is 2. The van der Waals surface area contributed by atoms with Crippen LogP contribution in [0.3, 0.4) is 0 Å². The molecule has 0 aromatic heterocycles. The highest BCUT2D eigenvalue weighted by molar-refractivity contribution is 5.89. The van der Waals surface area contributed by atoms with Crippen LogP contribution < -0.4 is 15.4 Å². The molecule has 0 radical (unpaired) electrons. The number of ether oxygens (including phenoxy) is 1. The zero-order chi connectivity index (χ0) is 19.2. The number of carbonyl (C=O) groups excluding carboxylic acids is 2. The molecule has 2 amide bonds. The van der Waals surface area contributed by atoms with Gasteiger partial charge < -0.3 is 25.6 Å². The van der Waals surface area contributed by atoms with Gasteiger partial charge in [-0.25, -0.2) is 0 Å². The highest BCUT2D eigenvalue weighted by atomic mass is 16.5. The molecule has 1 aliphatic rings. The molecule has 8 nitrogen and oxygen atoms in total. The molecule has 0 unspecified atom stereocenters. The van der Waals surface area contributed by atoms with E-state index < -0.39 is 17.5 Å². The molecule has 2 rings (SSSR count). The van der Waals surface area contributed by atoms with Crippen LogP contribution in [0.1, 0.15) is 18.9 Å². The van der Waals surface area contributed by atoms with Gasteiger partial charge in [0, 0.05) is 19.6 Å².